The standard InChI is InChI=1S/C13H19F2NS/c14-7-2-8-17-13-4-1-3-11(5-6-13)9-12(16)10-15/h1,3-6,12-13H,2,7-10,16H2. The van der Waals surface area contributed by atoms with E-state index < -0.39 is 12.7 Å². The van der Waals surface area contributed by atoms with Crippen molar-refractivity contribution < 1.29 is 8.78 Å². The number of allylic oxidation sites excluding steroid dienone is 3. The molecule has 0 radical (unpaired) electrons. The average molecular weight is 259 g/mol. The number of rotatable bonds is 7. The van der Waals surface area contributed by atoms with Crippen LogP contribution in [0.15, 0.2) is 36.0 Å². The van der Waals surface area contributed by atoms with Gasteiger partial charge in [0.05, 0.1) is 6.67 Å². The third kappa shape index (κ3) is 6.03. The van der Waals surface area contributed by atoms with Crippen molar-refractivity contribution in [1.29, 1.82) is 0 Å². The van der Waals surface area contributed by atoms with Crippen molar-refractivity contribution in [3.8, 4) is 0 Å². The largest absolute Gasteiger partial charge is 0.325 e. The summed E-state index contributed by atoms with van der Waals surface area (Å²) in [6.07, 6.45) is 11.2. The first-order valence-corrected chi connectivity index (χ1v) is 6.86. The summed E-state index contributed by atoms with van der Waals surface area (Å²) < 4.78 is 24.3. The number of nitrogens with two attached hydrogens (primary N) is 1. The molecule has 0 aromatic carbocycles. The average Bonchev–Trinajstić information content (AvgIpc) is 2.55. The van der Waals surface area contributed by atoms with Crippen molar-refractivity contribution in [2.45, 2.75) is 24.1 Å². The molecule has 96 valence electrons. The first kappa shape index (κ1) is 14.5. The fraction of sp³-hybridized carbons (Fsp3) is 0.538. The maximum atomic E-state index is 12.3. The van der Waals surface area contributed by atoms with Crippen LogP contribution >= 0.6 is 11.8 Å². The molecule has 1 nitrogen and oxygen atoms in total. The van der Waals surface area contributed by atoms with Gasteiger partial charge < -0.3 is 5.73 Å². The van der Waals surface area contributed by atoms with Crippen LogP contribution in [0.3, 0.4) is 0 Å². The molecule has 0 bridgehead atoms. The Morgan fingerprint density at radius 3 is 2.88 bits per heavy atom. The van der Waals surface area contributed by atoms with Crippen LogP contribution in [0.4, 0.5) is 8.78 Å². The fourth-order valence-corrected chi connectivity index (χ4v) is 2.44. The minimum Gasteiger partial charge on any atom is -0.325 e. The highest BCUT2D eigenvalue weighted by atomic mass is 32.2. The van der Waals surface area contributed by atoms with Crippen LogP contribution in [-0.4, -0.2) is 30.4 Å². The summed E-state index contributed by atoms with van der Waals surface area (Å²) in [5.74, 6) is 0.815. The molecule has 0 spiro atoms. The van der Waals surface area contributed by atoms with E-state index >= 15 is 0 Å². The van der Waals surface area contributed by atoms with E-state index in [0.29, 0.717) is 12.8 Å². The highest BCUT2D eigenvalue weighted by molar-refractivity contribution is 8.00. The van der Waals surface area contributed by atoms with Crippen LogP contribution in [-0.2, 0) is 0 Å². The lowest BCUT2D eigenvalue weighted by molar-refractivity contribution is 0.427. The van der Waals surface area contributed by atoms with Crippen molar-refractivity contribution >= 4 is 11.8 Å². The molecule has 2 N–H and O–H groups in total. The first-order chi connectivity index (χ1) is 8.26. The Balaban J connectivity index is 2.40. The molecule has 0 aromatic rings. The summed E-state index contributed by atoms with van der Waals surface area (Å²) in [6, 6.07) is -0.421. The van der Waals surface area contributed by atoms with Gasteiger partial charge in [-0.2, -0.15) is 11.8 Å². The molecule has 0 saturated carbocycles. The van der Waals surface area contributed by atoms with Crippen LogP contribution in [0.5, 0.6) is 0 Å². The number of halogens is 2. The van der Waals surface area contributed by atoms with E-state index in [0.717, 1.165) is 11.3 Å². The Hall–Kier alpha value is -0.610. The molecule has 0 aromatic heterocycles. The van der Waals surface area contributed by atoms with E-state index in [-0.39, 0.29) is 11.9 Å². The Morgan fingerprint density at radius 2 is 2.18 bits per heavy atom. The zero-order valence-corrected chi connectivity index (χ0v) is 10.6. The van der Waals surface area contributed by atoms with Crippen LogP contribution in [0.1, 0.15) is 12.8 Å². The summed E-state index contributed by atoms with van der Waals surface area (Å²) >= 11 is 1.71. The molecule has 1 aliphatic rings. The Labute approximate surface area is 106 Å². The van der Waals surface area contributed by atoms with E-state index in [1.165, 1.54) is 0 Å². The molecular weight excluding hydrogens is 240 g/mol. The fourth-order valence-electron chi connectivity index (χ4n) is 1.51. The van der Waals surface area contributed by atoms with Crippen LogP contribution < -0.4 is 5.73 Å². The van der Waals surface area contributed by atoms with Crippen molar-refractivity contribution in [1.82, 2.24) is 0 Å². The number of alkyl halides is 2. The normalized spacial score (nSPS) is 21.1. The lowest BCUT2D eigenvalue weighted by atomic mass is 10.1. The van der Waals surface area contributed by atoms with E-state index in [1.807, 2.05) is 18.2 Å². The van der Waals surface area contributed by atoms with Crippen molar-refractivity contribution in [2.75, 3.05) is 19.1 Å². The SMILES string of the molecule is NC(CF)CC1=CC=CC(SCCCF)C=C1. The summed E-state index contributed by atoms with van der Waals surface area (Å²) in [5.41, 5.74) is 6.61. The third-order valence-electron chi connectivity index (χ3n) is 2.40. The monoisotopic (exact) mass is 259 g/mol. The number of thioether (sulfide) groups is 1. The minimum atomic E-state index is -0.496. The van der Waals surface area contributed by atoms with Gasteiger partial charge in [-0.3, -0.25) is 4.39 Å². The Kier molecular flexibility index (Phi) is 7.21. The molecule has 1 aliphatic carbocycles. The van der Waals surface area contributed by atoms with E-state index in [2.05, 4.69) is 12.2 Å². The van der Waals surface area contributed by atoms with Gasteiger partial charge in [0.25, 0.3) is 0 Å². The molecule has 0 amide bonds. The molecule has 0 aliphatic heterocycles. The Morgan fingerprint density at radius 1 is 1.35 bits per heavy atom. The molecule has 1 rings (SSSR count). The molecule has 0 heterocycles. The molecule has 4 heteroatoms. The lowest BCUT2D eigenvalue weighted by Gasteiger charge is -2.07. The Bertz CT molecular complexity index is 300. The predicted molar refractivity (Wildman–Crippen MR) is 71.8 cm³/mol. The van der Waals surface area contributed by atoms with E-state index in [1.54, 1.807) is 11.8 Å². The van der Waals surface area contributed by atoms with Crippen LogP contribution in [0, 0.1) is 0 Å². The van der Waals surface area contributed by atoms with Crippen LogP contribution in [0.2, 0.25) is 0 Å². The summed E-state index contributed by atoms with van der Waals surface area (Å²) in [4.78, 5) is 0. The highest BCUT2D eigenvalue weighted by Gasteiger charge is 2.07. The third-order valence-corrected chi connectivity index (χ3v) is 3.62. The summed E-state index contributed by atoms with van der Waals surface area (Å²) in [6.45, 7) is -0.758. The molecule has 2 atom stereocenters. The van der Waals surface area contributed by atoms with Gasteiger partial charge in [-0.05, 0) is 24.2 Å². The van der Waals surface area contributed by atoms with E-state index in [9.17, 15) is 8.78 Å². The van der Waals surface area contributed by atoms with Crippen molar-refractivity contribution in [3.05, 3.63) is 36.0 Å². The van der Waals surface area contributed by atoms with Crippen molar-refractivity contribution in [2.24, 2.45) is 5.73 Å². The van der Waals surface area contributed by atoms with Gasteiger partial charge >= 0.3 is 0 Å². The smallest absolute Gasteiger partial charge is 0.105 e. The van der Waals surface area contributed by atoms with Gasteiger partial charge in [-0.15, -0.1) is 0 Å². The molecular formula is C13H19F2NS. The lowest BCUT2D eigenvalue weighted by Crippen LogP contribution is -2.22. The molecule has 2 unspecified atom stereocenters. The predicted octanol–water partition coefficient (Wildman–Crippen LogP) is 3.19. The summed E-state index contributed by atoms with van der Waals surface area (Å²) in [7, 11) is 0. The summed E-state index contributed by atoms with van der Waals surface area (Å²) in [5, 5.41) is 0.275. The van der Waals surface area contributed by atoms with Crippen molar-refractivity contribution in [3.63, 3.8) is 0 Å². The van der Waals surface area contributed by atoms with Gasteiger partial charge in [0.2, 0.25) is 0 Å². The van der Waals surface area contributed by atoms with Gasteiger partial charge in [0.15, 0.2) is 0 Å². The van der Waals surface area contributed by atoms with Gasteiger partial charge in [-0.25, -0.2) is 4.39 Å². The minimum absolute atomic E-state index is 0.262. The maximum absolute atomic E-state index is 12.3. The first-order valence-electron chi connectivity index (χ1n) is 5.81. The molecule has 0 fully saturated rings. The quantitative estimate of drug-likeness (QED) is 0.711. The highest BCUT2D eigenvalue weighted by Crippen LogP contribution is 2.20. The number of hydrogen-bond donors (Lipinski definition) is 1. The number of hydrogen-bond acceptors (Lipinski definition) is 2. The van der Waals surface area contributed by atoms with Gasteiger partial charge in [0, 0.05) is 11.3 Å². The van der Waals surface area contributed by atoms with E-state index in [4.69, 9.17) is 5.73 Å². The molecule has 0 saturated heterocycles. The second kappa shape index (κ2) is 8.48. The van der Waals surface area contributed by atoms with Gasteiger partial charge in [0.1, 0.15) is 6.67 Å². The second-order valence-electron chi connectivity index (χ2n) is 3.98. The van der Waals surface area contributed by atoms with Crippen LogP contribution in [0.25, 0.3) is 0 Å². The maximum Gasteiger partial charge on any atom is 0.105 e. The topological polar surface area (TPSA) is 26.0 Å². The van der Waals surface area contributed by atoms with Gasteiger partial charge in [-0.1, -0.05) is 30.4 Å². The molecule has 17 heavy (non-hydrogen) atoms. The zero-order chi connectivity index (χ0) is 12.5. The second-order valence-corrected chi connectivity index (χ2v) is 5.27. The zero-order valence-electron chi connectivity index (χ0n) is 9.82.